The van der Waals surface area contributed by atoms with Crippen LogP contribution in [0, 0.1) is 22.9 Å². The third-order valence-corrected chi connectivity index (χ3v) is 6.20. The molecule has 0 saturated carbocycles. The van der Waals surface area contributed by atoms with Crippen LogP contribution in [0.25, 0.3) is 0 Å². The van der Waals surface area contributed by atoms with Gasteiger partial charge < -0.3 is 9.47 Å². The zero-order valence-electron chi connectivity index (χ0n) is 21.7. The van der Waals surface area contributed by atoms with Crippen molar-refractivity contribution in [2.75, 3.05) is 6.61 Å². The standard InChI is InChI=1S/C28H43F3O4/c1-4-5-6-7-8-9-10-11-12-13-14-15-16-17-18-21-34-26(32)28(2,3)27(33)35-23-20-19-22(29)24(30)25(23)31/h19-20H,4-18,21H2,1-3H3. The number of halogens is 3. The summed E-state index contributed by atoms with van der Waals surface area (Å²) in [6.45, 7) is 4.98. The molecule has 200 valence electrons. The predicted molar refractivity (Wildman–Crippen MR) is 132 cm³/mol. The van der Waals surface area contributed by atoms with Crippen LogP contribution >= 0.6 is 0 Å². The van der Waals surface area contributed by atoms with Crippen molar-refractivity contribution in [3.8, 4) is 5.75 Å². The Bertz CT molecular complexity index is 765. The van der Waals surface area contributed by atoms with Gasteiger partial charge in [-0.05, 0) is 32.4 Å². The second-order valence-electron chi connectivity index (χ2n) is 9.77. The summed E-state index contributed by atoms with van der Waals surface area (Å²) in [5.41, 5.74) is -1.72. The summed E-state index contributed by atoms with van der Waals surface area (Å²) in [6, 6.07) is 1.44. The average Bonchev–Trinajstić information content (AvgIpc) is 2.83. The van der Waals surface area contributed by atoms with Crippen LogP contribution in [-0.2, 0) is 14.3 Å². The topological polar surface area (TPSA) is 52.6 Å². The van der Waals surface area contributed by atoms with E-state index in [1.807, 2.05) is 0 Å². The third kappa shape index (κ3) is 12.0. The van der Waals surface area contributed by atoms with Gasteiger partial charge in [-0.3, -0.25) is 9.59 Å². The van der Waals surface area contributed by atoms with Gasteiger partial charge in [-0.15, -0.1) is 0 Å². The molecule has 0 bridgehead atoms. The molecule has 1 rings (SSSR count). The molecule has 0 saturated heterocycles. The fraction of sp³-hybridized carbons (Fsp3) is 0.714. The number of ether oxygens (including phenoxy) is 2. The Labute approximate surface area is 209 Å². The molecule has 0 atom stereocenters. The molecule has 0 radical (unpaired) electrons. The lowest BCUT2D eigenvalue weighted by Gasteiger charge is -2.20. The SMILES string of the molecule is CCCCCCCCCCCCCCCCCOC(=O)C(C)(C)C(=O)Oc1ccc(F)c(F)c1F. The van der Waals surface area contributed by atoms with Crippen molar-refractivity contribution in [1.82, 2.24) is 0 Å². The van der Waals surface area contributed by atoms with E-state index in [1.165, 1.54) is 84.5 Å². The van der Waals surface area contributed by atoms with Gasteiger partial charge in [-0.2, -0.15) is 4.39 Å². The van der Waals surface area contributed by atoms with Crippen molar-refractivity contribution in [2.45, 2.75) is 117 Å². The van der Waals surface area contributed by atoms with Gasteiger partial charge in [0.05, 0.1) is 6.61 Å². The van der Waals surface area contributed by atoms with Crippen molar-refractivity contribution in [3.05, 3.63) is 29.6 Å². The fourth-order valence-electron chi connectivity index (χ4n) is 3.72. The van der Waals surface area contributed by atoms with E-state index in [4.69, 9.17) is 9.47 Å². The first-order valence-electron chi connectivity index (χ1n) is 13.2. The van der Waals surface area contributed by atoms with Crippen molar-refractivity contribution in [2.24, 2.45) is 5.41 Å². The molecule has 0 unspecified atom stereocenters. The number of benzene rings is 1. The molecular formula is C28H43F3O4. The Morgan fingerprint density at radius 1 is 0.686 bits per heavy atom. The van der Waals surface area contributed by atoms with Crippen LogP contribution in [-0.4, -0.2) is 18.5 Å². The molecule has 0 aliphatic heterocycles. The van der Waals surface area contributed by atoms with Crippen LogP contribution in [0.5, 0.6) is 5.75 Å². The van der Waals surface area contributed by atoms with Crippen molar-refractivity contribution in [3.63, 3.8) is 0 Å². The Kier molecular flexibility index (Phi) is 15.4. The zero-order chi connectivity index (χ0) is 26.1. The fourth-order valence-corrected chi connectivity index (χ4v) is 3.72. The smallest absolute Gasteiger partial charge is 0.328 e. The molecule has 0 fully saturated rings. The van der Waals surface area contributed by atoms with Crippen molar-refractivity contribution >= 4 is 11.9 Å². The summed E-state index contributed by atoms with van der Waals surface area (Å²) in [4.78, 5) is 24.6. The largest absolute Gasteiger partial charge is 0.465 e. The maximum atomic E-state index is 13.7. The second-order valence-corrected chi connectivity index (χ2v) is 9.77. The molecule has 1 aromatic carbocycles. The van der Waals surface area contributed by atoms with Gasteiger partial charge in [-0.1, -0.05) is 96.8 Å². The van der Waals surface area contributed by atoms with Crippen LogP contribution in [0.3, 0.4) is 0 Å². The van der Waals surface area contributed by atoms with E-state index < -0.39 is 40.6 Å². The van der Waals surface area contributed by atoms with E-state index in [9.17, 15) is 22.8 Å². The highest BCUT2D eigenvalue weighted by Crippen LogP contribution is 2.26. The van der Waals surface area contributed by atoms with E-state index in [-0.39, 0.29) is 6.61 Å². The molecule has 0 N–H and O–H groups in total. The molecule has 4 nitrogen and oxygen atoms in total. The minimum atomic E-state index is -1.75. The third-order valence-electron chi connectivity index (χ3n) is 6.20. The summed E-state index contributed by atoms with van der Waals surface area (Å²) in [7, 11) is 0. The number of esters is 2. The predicted octanol–water partition coefficient (Wildman–Crippen LogP) is 8.45. The maximum Gasteiger partial charge on any atom is 0.328 e. The molecule has 0 aliphatic carbocycles. The molecule has 0 aromatic heterocycles. The normalized spacial score (nSPS) is 11.5. The number of unbranched alkanes of at least 4 members (excludes halogenated alkanes) is 14. The van der Waals surface area contributed by atoms with E-state index in [0.717, 1.165) is 25.3 Å². The highest BCUT2D eigenvalue weighted by atomic mass is 19.2. The van der Waals surface area contributed by atoms with E-state index in [1.54, 1.807) is 0 Å². The van der Waals surface area contributed by atoms with E-state index in [0.29, 0.717) is 12.5 Å². The summed E-state index contributed by atoms with van der Waals surface area (Å²) < 4.78 is 50.0. The minimum absolute atomic E-state index is 0.174. The summed E-state index contributed by atoms with van der Waals surface area (Å²) in [5.74, 6) is -7.47. The molecule has 0 aliphatic rings. The van der Waals surface area contributed by atoms with Crippen LogP contribution < -0.4 is 4.74 Å². The maximum absolute atomic E-state index is 13.7. The van der Waals surface area contributed by atoms with Crippen molar-refractivity contribution < 1.29 is 32.2 Å². The van der Waals surface area contributed by atoms with E-state index >= 15 is 0 Å². The lowest BCUT2D eigenvalue weighted by atomic mass is 9.94. The Morgan fingerprint density at radius 3 is 1.63 bits per heavy atom. The highest BCUT2D eigenvalue weighted by Gasteiger charge is 2.40. The summed E-state index contributed by atoms with van der Waals surface area (Å²) in [6.07, 6.45) is 18.4. The van der Waals surface area contributed by atoms with Gasteiger partial charge in [0.2, 0.25) is 5.82 Å². The average molecular weight is 501 g/mol. The highest BCUT2D eigenvalue weighted by molar-refractivity contribution is 5.99. The van der Waals surface area contributed by atoms with Gasteiger partial charge in [0.25, 0.3) is 0 Å². The minimum Gasteiger partial charge on any atom is -0.465 e. The van der Waals surface area contributed by atoms with Crippen LogP contribution in [0.4, 0.5) is 13.2 Å². The molecule has 0 spiro atoms. The molecule has 35 heavy (non-hydrogen) atoms. The van der Waals surface area contributed by atoms with Gasteiger partial charge in [0.15, 0.2) is 22.8 Å². The Balaban J connectivity index is 2.10. The molecule has 7 heteroatoms. The van der Waals surface area contributed by atoms with Gasteiger partial charge >= 0.3 is 11.9 Å². The number of hydrogen-bond acceptors (Lipinski definition) is 4. The van der Waals surface area contributed by atoms with Crippen LogP contribution in [0.15, 0.2) is 12.1 Å². The van der Waals surface area contributed by atoms with Crippen LogP contribution in [0.2, 0.25) is 0 Å². The molecular weight excluding hydrogens is 457 g/mol. The molecule has 1 aromatic rings. The Morgan fingerprint density at radius 2 is 1.14 bits per heavy atom. The number of rotatable bonds is 19. The molecule has 0 heterocycles. The lowest BCUT2D eigenvalue weighted by Crippen LogP contribution is -2.38. The van der Waals surface area contributed by atoms with Crippen molar-refractivity contribution in [1.29, 1.82) is 0 Å². The summed E-state index contributed by atoms with van der Waals surface area (Å²) >= 11 is 0. The Hall–Kier alpha value is -2.05. The van der Waals surface area contributed by atoms with Crippen LogP contribution in [0.1, 0.15) is 117 Å². The van der Waals surface area contributed by atoms with Gasteiger partial charge in [-0.25, -0.2) is 8.78 Å². The quantitative estimate of drug-likeness (QED) is 0.0629. The monoisotopic (exact) mass is 500 g/mol. The first kappa shape index (κ1) is 31.0. The lowest BCUT2D eigenvalue weighted by molar-refractivity contribution is -0.164. The number of carbonyl (C=O) groups is 2. The number of carbonyl (C=O) groups excluding carboxylic acids is 2. The van der Waals surface area contributed by atoms with Gasteiger partial charge in [0, 0.05) is 0 Å². The number of hydrogen-bond donors (Lipinski definition) is 0. The second kappa shape index (κ2) is 17.4. The zero-order valence-corrected chi connectivity index (χ0v) is 21.7. The van der Waals surface area contributed by atoms with Gasteiger partial charge in [0.1, 0.15) is 0 Å². The first-order valence-corrected chi connectivity index (χ1v) is 13.2. The summed E-state index contributed by atoms with van der Waals surface area (Å²) in [5, 5.41) is 0. The molecule has 0 amide bonds. The first-order chi connectivity index (χ1) is 16.7. The van der Waals surface area contributed by atoms with E-state index in [2.05, 4.69) is 6.92 Å².